The number of ether oxygens (including phenoxy) is 1. The van der Waals surface area contributed by atoms with Crippen LogP contribution < -0.4 is 11.1 Å². The Bertz CT molecular complexity index is 340. The van der Waals surface area contributed by atoms with E-state index in [-0.39, 0.29) is 6.61 Å². The smallest absolute Gasteiger partial charge is 0.407 e. The van der Waals surface area contributed by atoms with Gasteiger partial charge >= 0.3 is 6.09 Å². The van der Waals surface area contributed by atoms with Crippen LogP contribution in [0.3, 0.4) is 0 Å². The second kappa shape index (κ2) is 6.71. The Labute approximate surface area is 95.8 Å². The summed E-state index contributed by atoms with van der Waals surface area (Å²) in [6, 6.07) is 7.34. The molecule has 0 aliphatic rings. The highest BCUT2D eigenvalue weighted by Gasteiger charge is 2.03. The Balaban J connectivity index is 2.29. The van der Waals surface area contributed by atoms with Crippen molar-refractivity contribution in [3.05, 3.63) is 29.8 Å². The first-order valence-corrected chi connectivity index (χ1v) is 5.48. The van der Waals surface area contributed by atoms with Crippen molar-refractivity contribution < 1.29 is 9.53 Å². The molecule has 0 atom stereocenters. The van der Waals surface area contributed by atoms with E-state index in [0.29, 0.717) is 12.2 Å². The Hall–Kier alpha value is -1.71. The van der Waals surface area contributed by atoms with Gasteiger partial charge in [-0.25, -0.2) is 4.79 Å². The number of carbonyl (C=O) groups excluding carboxylic acids is 1. The van der Waals surface area contributed by atoms with E-state index in [0.717, 1.165) is 18.4 Å². The van der Waals surface area contributed by atoms with Crippen LogP contribution in [-0.4, -0.2) is 12.6 Å². The van der Waals surface area contributed by atoms with Gasteiger partial charge in [0, 0.05) is 17.8 Å². The zero-order chi connectivity index (χ0) is 11.8. The van der Waals surface area contributed by atoms with Crippen LogP contribution in [0.2, 0.25) is 0 Å². The maximum Gasteiger partial charge on any atom is 0.407 e. The standard InChI is InChI=1S/C12H18N2O2/c1-2-3-8-14-12(15)16-9-10-6-4-5-7-11(10)13/h4-7H,2-3,8-9,13H2,1H3,(H,14,15). The number of benzene rings is 1. The Morgan fingerprint density at radius 3 is 2.88 bits per heavy atom. The number of unbranched alkanes of at least 4 members (excludes halogenated alkanes) is 1. The van der Waals surface area contributed by atoms with Crippen LogP contribution in [0.4, 0.5) is 10.5 Å². The molecule has 1 amide bonds. The third-order valence-corrected chi connectivity index (χ3v) is 2.21. The minimum atomic E-state index is -0.392. The van der Waals surface area contributed by atoms with Crippen LogP contribution in [0.5, 0.6) is 0 Å². The van der Waals surface area contributed by atoms with Crippen molar-refractivity contribution in [2.24, 2.45) is 0 Å². The number of nitrogens with two attached hydrogens (primary N) is 1. The van der Waals surface area contributed by atoms with Crippen LogP contribution in [0, 0.1) is 0 Å². The van der Waals surface area contributed by atoms with E-state index >= 15 is 0 Å². The minimum absolute atomic E-state index is 0.213. The quantitative estimate of drug-likeness (QED) is 0.593. The molecule has 0 aliphatic heterocycles. The summed E-state index contributed by atoms with van der Waals surface area (Å²) in [6.07, 6.45) is 1.62. The monoisotopic (exact) mass is 222 g/mol. The lowest BCUT2D eigenvalue weighted by Gasteiger charge is -2.08. The lowest BCUT2D eigenvalue weighted by molar-refractivity contribution is 0.140. The van der Waals surface area contributed by atoms with Crippen LogP contribution in [0.1, 0.15) is 25.3 Å². The lowest BCUT2D eigenvalue weighted by atomic mass is 10.2. The first-order valence-electron chi connectivity index (χ1n) is 5.48. The van der Waals surface area contributed by atoms with Crippen molar-refractivity contribution >= 4 is 11.8 Å². The van der Waals surface area contributed by atoms with Crippen molar-refractivity contribution in [2.45, 2.75) is 26.4 Å². The first kappa shape index (κ1) is 12.4. The molecule has 0 unspecified atom stereocenters. The number of para-hydroxylation sites is 1. The third-order valence-electron chi connectivity index (χ3n) is 2.21. The Morgan fingerprint density at radius 2 is 2.19 bits per heavy atom. The molecule has 88 valence electrons. The summed E-state index contributed by atoms with van der Waals surface area (Å²) in [5.41, 5.74) is 7.19. The predicted octanol–water partition coefficient (Wildman–Crippen LogP) is 2.30. The van der Waals surface area contributed by atoms with Crippen LogP contribution in [-0.2, 0) is 11.3 Å². The summed E-state index contributed by atoms with van der Waals surface area (Å²) in [4.78, 5) is 11.2. The second-order valence-electron chi connectivity index (χ2n) is 3.56. The van der Waals surface area contributed by atoms with Crippen molar-refractivity contribution in [3.63, 3.8) is 0 Å². The topological polar surface area (TPSA) is 64.3 Å². The SMILES string of the molecule is CCCCNC(=O)OCc1ccccc1N. The van der Waals surface area contributed by atoms with Gasteiger partial charge in [-0.1, -0.05) is 31.5 Å². The molecule has 0 heterocycles. The Kier molecular flexibility index (Phi) is 5.19. The van der Waals surface area contributed by atoms with Gasteiger partial charge in [0.1, 0.15) is 6.61 Å². The van der Waals surface area contributed by atoms with Gasteiger partial charge in [-0.3, -0.25) is 0 Å². The number of rotatable bonds is 5. The van der Waals surface area contributed by atoms with Crippen LogP contribution in [0.25, 0.3) is 0 Å². The van der Waals surface area contributed by atoms with Crippen LogP contribution >= 0.6 is 0 Å². The molecule has 0 aliphatic carbocycles. The third kappa shape index (κ3) is 4.21. The summed E-state index contributed by atoms with van der Waals surface area (Å²) in [7, 11) is 0. The molecule has 0 bridgehead atoms. The first-order chi connectivity index (χ1) is 7.74. The summed E-state index contributed by atoms with van der Waals surface area (Å²) < 4.78 is 5.03. The fourth-order valence-electron chi connectivity index (χ4n) is 1.23. The maximum atomic E-state index is 11.2. The molecule has 0 radical (unpaired) electrons. The fourth-order valence-corrected chi connectivity index (χ4v) is 1.23. The zero-order valence-electron chi connectivity index (χ0n) is 9.53. The average Bonchev–Trinajstić information content (AvgIpc) is 2.28. The van der Waals surface area contributed by atoms with Crippen molar-refractivity contribution in [1.29, 1.82) is 0 Å². The molecule has 0 spiro atoms. The predicted molar refractivity (Wildman–Crippen MR) is 64.0 cm³/mol. The number of anilines is 1. The molecule has 0 saturated carbocycles. The van der Waals surface area contributed by atoms with E-state index < -0.39 is 6.09 Å². The van der Waals surface area contributed by atoms with Crippen molar-refractivity contribution in [2.75, 3.05) is 12.3 Å². The zero-order valence-corrected chi connectivity index (χ0v) is 9.53. The molecule has 1 aromatic carbocycles. The molecule has 0 fully saturated rings. The van der Waals surface area contributed by atoms with Gasteiger partial charge in [0.05, 0.1) is 0 Å². The van der Waals surface area contributed by atoms with Gasteiger partial charge < -0.3 is 15.8 Å². The molecule has 4 heteroatoms. The molecule has 1 rings (SSSR count). The highest BCUT2D eigenvalue weighted by Crippen LogP contribution is 2.11. The van der Waals surface area contributed by atoms with E-state index in [2.05, 4.69) is 12.2 Å². The highest BCUT2D eigenvalue weighted by atomic mass is 16.5. The molecule has 0 saturated heterocycles. The Morgan fingerprint density at radius 1 is 1.44 bits per heavy atom. The van der Waals surface area contributed by atoms with Gasteiger partial charge in [0.15, 0.2) is 0 Å². The molecule has 0 aromatic heterocycles. The highest BCUT2D eigenvalue weighted by molar-refractivity contribution is 5.67. The summed E-state index contributed by atoms with van der Waals surface area (Å²) in [6.45, 7) is 2.93. The van der Waals surface area contributed by atoms with Gasteiger partial charge in [0.2, 0.25) is 0 Å². The van der Waals surface area contributed by atoms with Crippen LogP contribution in [0.15, 0.2) is 24.3 Å². The number of carbonyl (C=O) groups is 1. The number of nitrogens with one attached hydrogen (secondary N) is 1. The van der Waals surface area contributed by atoms with E-state index in [4.69, 9.17) is 10.5 Å². The normalized spacial score (nSPS) is 9.81. The van der Waals surface area contributed by atoms with E-state index in [1.165, 1.54) is 0 Å². The molecule has 16 heavy (non-hydrogen) atoms. The second-order valence-corrected chi connectivity index (χ2v) is 3.56. The summed E-state index contributed by atoms with van der Waals surface area (Å²) in [5.74, 6) is 0. The number of hydrogen-bond donors (Lipinski definition) is 2. The van der Waals surface area contributed by atoms with Crippen molar-refractivity contribution in [3.8, 4) is 0 Å². The number of nitrogen functional groups attached to an aromatic ring is 1. The van der Waals surface area contributed by atoms with Gasteiger partial charge in [-0.2, -0.15) is 0 Å². The molecule has 4 nitrogen and oxygen atoms in total. The molecular weight excluding hydrogens is 204 g/mol. The minimum Gasteiger partial charge on any atom is -0.445 e. The molecule has 1 aromatic rings. The summed E-state index contributed by atoms with van der Waals surface area (Å²) in [5, 5.41) is 2.67. The maximum absolute atomic E-state index is 11.2. The number of amides is 1. The number of hydrogen-bond acceptors (Lipinski definition) is 3. The molecular formula is C12H18N2O2. The largest absolute Gasteiger partial charge is 0.445 e. The van der Waals surface area contributed by atoms with E-state index in [1.54, 1.807) is 6.07 Å². The van der Waals surface area contributed by atoms with E-state index in [1.807, 2.05) is 18.2 Å². The fraction of sp³-hybridized carbons (Fsp3) is 0.417. The van der Waals surface area contributed by atoms with Gasteiger partial charge in [-0.15, -0.1) is 0 Å². The van der Waals surface area contributed by atoms with E-state index in [9.17, 15) is 4.79 Å². The lowest BCUT2D eigenvalue weighted by Crippen LogP contribution is -2.25. The van der Waals surface area contributed by atoms with Crippen molar-refractivity contribution in [1.82, 2.24) is 5.32 Å². The summed E-state index contributed by atoms with van der Waals surface area (Å²) >= 11 is 0. The molecule has 3 N–H and O–H groups in total. The van der Waals surface area contributed by atoms with Gasteiger partial charge in [0.25, 0.3) is 0 Å². The van der Waals surface area contributed by atoms with Gasteiger partial charge in [-0.05, 0) is 12.5 Å². The average molecular weight is 222 g/mol. The number of alkyl carbamates (subject to hydrolysis) is 1.